The second-order valence-corrected chi connectivity index (χ2v) is 10.1. The minimum absolute atomic E-state index is 0.0852. The van der Waals surface area contributed by atoms with Crippen LogP contribution in [-0.2, 0) is 32.6 Å². The van der Waals surface area contributed by atoms with E-state index >= 15 is 0 Å². The molecule has 7 nitrogen and oxygen atoms in total. The number of amides is 1. The summed E-state index contributed by atoms with van der Waals surface area (Å²) in [5.74, 6) is -0.0845. The van der Waals surface area contributed by atoms with Gasteiger partial charge in [-0.05, 0) is 42.9 Å². The molecule has 4 aliphatic rings. The predicted octanol–water partition coefficient (Wildman–Crippen LogP) is 4.14. The third-order valence-electron chi connectivity index (χ3n) is 7.61. The Morgan fingerprint density at radius 2 is 1.86 bits per heavy atom. The van der Waals surface area contributed by atoms with Gasteiger partial charge in [0.25, 0.3) is 0 Å². The number of halogens is 6. The lowest BCUT2D eigenvalue weighted by Crippen LogP contribution is -2.44. The molecule has 6 rings (SSSR count). The lowest BCUT2D eigenvalue weighted by Gasteiger charge is -2.39. The smallest absolute Gasteiger partial charge is 0.392 e. The second-order valence-electron chi connectivity index (χ2n) is 10.1. The standard InChI is InChI=1S/C24H25F6N3O4/c25-23(26,27)15-1-2-18(13(3-15)10-34)20-9-33(12-31-20)22-6-14(7-22)19(8-22)32-21(35)11-36-16-4-17(5-16)37-24(28,29)30/h1-3,9,12,14,16-17,19,34H,4-8,10-11H2,(H,32,35). The van der Waals surface area contributed by atoms with Crippen molar-refractivity contribution in [1.29, 1.82) is 0 Å². The highest BCUT2D eigenvalue weighted by atomic mass is 19.4. The molecule has 4 aliphatic carbocycles. The van der Waals surface area contributed by atoms with Crippen molar-refractivity contribution in [2.75, 3.05) is 6.61 Å². The van der Waals surface area contributed by atoms with E-state index in [2.05, 4.69) is 15.0 Å². The predicted molar refractivity (Wildman–Crippen MR) is 116 cm³/mol. The molecule has 1 unspecified atom stereocenters. The quantitative estimate of drug-likeness (QED) is 0.499. The lowest BCUT2D eigenvalue weighted by molar-refractivity contribution is -0.357. The largest absolute Gasteiger partial charge is 0.522 e. The normalized spacial score (nSPS) is 29.1. The molecular weight excluding hydrogens is 508 g/mol. The Labute approximate surface area is 207 Å². The fraction of sp³-hybridized carbons (Fsp3) is 0.583. The maximum absolute atomic E-state index is 13.0. The number of aliphatic hydroxyl groups excluding tert-OH is 1. The van der Waals surface area contributed by atoms with Crippen molar-refractivity contribution in [1.82, 2.24) is 14.9 Å². The SMILES string of the molecule is O=C(COC1CC(OC(F)(F)F)C1)NC1CC2(n3cnc(-c4ccc(C(F)(F)F)cc4CO)c3)CC1C2. The minimum atomic E-state index is -4.68. The van der Waals surface area contributed by atoms with Gasteiger partial charge in [-0.1, -0.05) is 6.07 Å². The molecule has 1 aromatic carbocycles. The lowest BCUT2D eigenvalue weighted by atomic mass is 9.76. The van der Waals surface area contributed by atoms with Crippen molar-refractivity contribution in [3.8, 4) is 11.3 Å². The highest BCUT2D eigenvalue weighted by molar-refractivity contribution is 5.77. The highest BCUT2D eigenvalue weighted by Crippen LogP contribution is 2.57. The van der Waals surface area contributed by atoms with Crippen molar-refractivity contribution in [2.45, 2.75) is 75.0 Å². The second kappa shape index (κ2) is 9.28. The first-order chi connectivity index (χ1) is 17.3. The Kier molecular flexibility index (Phi) is 6.52. The van der Waals surface area contributed by atoms with E-state index in [1.807, 2.05) is 4.57 Å². The third-order valence-corrected chi connectivity index (χ3v) is 7.61. The number of aromatic nitrogens is 2. The molecule has 13 heteroatoms. The average Bonchev–Trinajstić information content (AvgIpc) is 3.46. The Morgan fingerprint density at radius 1 is 1.14 bits per heavy atom. The number of carbonyl (C=O) groups excluding carboxylic acids is 1. The number of fused-ring (bicyclic) bond motifs is 1. The summed E-state index contributed by atoms with van der Waals surface area (Å²) >= 11 is 0. The van der Waals surface area contributed by atoms with Gasteiger partial charge in [-0.15, -0.1) is 13.2 Å². The van der Waals surface area contributed by atoms with Gasteiger partial charge in [-0.3, -0.25) is 9.53 Å². The van der Waals surface area contributed by atoms with E-state index in [4.69, 9.17) is 4.74 Å². The van der Waals surface area contributed by atoms with E-state index in [1.54, 1.807) is 12.5 Å². The topological polar surface area (TPSA) is 85.6 Å². The van der Waals surface area contributed by atoms with Crippen LogP contribution < -0.4 is 5.32 Å². The van der Waals surface area contributed by atoms with Crippen LogP contribution in [0.5, 0.6) is 0 Å². The summed E-state index contributed by atoms with van der Waals surface area (Å²) in [7, 11) is 0. The Bertz CT molecular complexity index is 1150. The highest BCUT2D eigenvalue weighted by Gasteiger charge is 2.57. The first-order valence-electron chi connectivity index (χ1n) is 11.9. The summed E-state index contributed by atoms with van der Waals surface area (Å²) in [6, 6.07) is 3.09. The van der Waals surface area contributed by atoms with Crippen LogP contribution in [0.3, 0.4) is 0 Å². The number of nitrogens with one attached hydrogen (secondary N) is 1. The van der Waals surface area contributed by atoms with Crippen LogP contribution >= 0.6 is 0 Å². The van der Waals surface area contributed by atoms with Crippen molar-refractivity contribution in [3.05, 3.63) is 41.9 Å². The van der Waals surface area contributed by atoms with Gasteiger partial charge in [-0.25, -0.2) is 4.98 Å². The number of nitrogens with zero attached hydrogens (tertiary/aromatic N) is 2. The summed E-state index contributed by atoms with van der Waals surface area (Å²) < 4.78 is 86.9. The van der Waals surface area contributed by atoms with Gasteiger partial charge in [0, 0.05) is 36.2 Å². The zero-order valence-electron chi connectivity index (χ0n) is 19.5. The van der Waals surface area contributed by atoms with E-state index < -0.39 is 36.9 Å². The molecule has 0 radical (unpaired) electrons. The zero-order chi connectivity index (χ0) is 26.6. The van der Waals surface area contributed by atoms with Gasteiger partial charge >= 0.3 is 12.5 Å². The van der Waals surface area contributed by atoms with Crippen molar-refractivity contribution in [2.24, 2.45) is 5.92 Å². The number of rotatable bonds is 8. The molecule has 0 saturated heterocycles. The number of imidazole rings is 1. The molecule has 1 aromatic heterocycles. The fourth-order valence-corrected chi connectivity index (χ4v) is 5.68. The number of alkyl halides is 6. The Hall–Kier alpha value is -2.64. The number of ether oxygens (including phenoxy) is 2. The van der Waals surface area contributed by atoms with Gasteiger partial charge in [-0.2, -0.15) is 13.2 Å². The molecule has 37 heavy (non-hydrogen) atoms. The van der Waals surface area contributed by atoms with Crippen LogP contribution in [0.25, 0.3) is 11.3 Å². The molecule has 1 atom stereocenters. The summed E-state index contributed by atoms with van der Waals surface area (Å²) in [6.45, 7) is -0.806. The third kappa shape index (κ3) is 5.34. The molecule has 4 saturated carbocycles. The number of hydrogen-bond donors (Lipinski definition) is 2. The monoisotopic (exact) mass is 533 g/mol. The molecule has 2 bridgehead atoms. The van der Waals surface area contributed by atoms with Crippen molar-refractivity contribution >= 4 is 5.91 Å². The maximum atomic E-state index is 13.0. The molecular formula is C24H25F6N3O4. The van der Waals surface area contributed by atoms with Gasteiger partial charge in [0.15, 0.2) is 0 Å². The number of hydrogen-bond acceptors (Lipinski definition) is 5. The fourth-order valence-electron chi connectivity index (χ4n) is 5.68. The Balaban J connectivity index is 1.15. The summed E-state index contributed by atoms with van der Waals surface area (Å²) in [5.41, 5.74) is -0.116. The van der Waals surface area contributed by atoms with E-state index in [1.165, 1.54) is 6.07 Å². The van der Waals surface area contributed by atoms with Crippen LogP contribution in [0.4, 0.5) is 26.3 Å². The maximum Gasteiger partial charge on any atom is 0.522 e. The number of benzene rings is 1. The number of carbonyl (C=O) groups is 1. The van der Waals surface area contributed by atoms with Gasteiger partial charge in [0.1, 0.15) is 6.61 Å². The van der Waals surface area contributed by atoms with E-state index in [0.29, 0.717) is 17.7 Å². The molecule has 0 aliphatic heterocycles. The van der Waals surface area contributed by atoms with Gasteiger partial charge < -0.3 is 19.7 Å². The number of aliphatic hydroxyl groups is 1. The first-order valence-corrected chi connectivity index (χ1v) is 11.9. The van der Waals surface area contributed by atoms with Crippen LogP contribution in [0.15, 0.2) is 30.7 Å². The molecule has 0 spiro atoms. The first kappa shape index (κ1) is 26.0. The summed E-state index contributed by atoms with van der Waals surface area (Å²) in [4.78, 5) is 16.7. The minimum Gasteiger partial charge on any atom is -0.392 e. The molecule has 202 valence electrons. The molecule has 2 aromatic rings. The van der Waals surface area contributed by atoms with E-state index in [9.17, 15) is 36.2 Å². The summed E-state index contributed by atoms with van der Waals surface area (Å²) in [6.07, 6.45) is -4.80. The average molecular weight is 533 g/mol. The van der Waals surface area contributed by atoms with Crippen LogP contribution in [0, 0.1) is 5.92 Å². The summed E-state index contributed by atoms with van der Waals surface area (Å²) in [5, 5.41) is 12.6. The van der Waals surface area contributed by atoms with Crippen molar-refractivity contribution < 1.29 is 45.7 Å². The van der Waals surface area contributed by atoms with E-state index in [0.717, 1.165) is 25.0 Å². The zero-order valence-corrected chi connectivity index (χ0v) is 19.5. The molecule has 1 heterocycles. The van der Waals surface area contributed by atoms with Crippen molar-refractivity contribution in [3.63, 3.8) is 0 Å². The molecule has 2 N–H and O–H groups in total. The van der Waals surface area contributed by atoms with E-state index in [-0.39, 0.29) is 48.4 Å². The van der Waals surface area contributed by atoms with Crippen LogP contribution in [-0.4, -0.2) is 51.8 Å². The Morgan fingerprint density at radius 3 is 2.51 bits per heavy atom. The molecule has 4 fully saturated rings. The van der Waals surface area contributed by atoms with Gasteiger partial charge in [0.2, 0.25) is 5.91 Å². The van der Waals surface area contributed by atoms with Crippen LogP contribution in [0.2, 0.25) is 0 Å². The molecule has 1 amide bonds. The van der Waals surface area contributed by atoms with Gasteiger partial charge in [0.05, 0.1) is 36.4 Å². The van der Waals surface area contributed by atoms with Crippen LogP contribution in [0.1, 0.15) is 43.2 Å².